The molecule has 0 saturated carbocycles. The summed E-state index contributed by atoms with van der Waals surface area (Å²) in [4.78, 5) is 2.54. The summed E-state index contributed by atoms with van der Waals surface area (Å²) in [6.45, 7) is 10.7. The Kier molecular flexibility index (Phi) is 5.57. The van der Waals surface area contributed by atoms with E-state index in [4.69, 9.17) is 10.5 Å². The first-order valence-corrected chi connectivity index (χ1v) is 7.05. The molecule has 1 rings (SSSR count). The summed E-state index contributed by atoms with van der Waals surface area (Å²) in [6, 6.07) is 0.458. The van der Waals surface area contributed by atoms with Gasteiger partial charge in [0.05, 0.1) is 6.61 Å². The normalized spacial score (nSPS) is 25.3. The smallest absolute Gasteiger partial charge is 0.0503 e. The number of nitrogens with two attached hydrogens (primary N) is 1. The second kappa shape index (κ2) is 6.24. The molecule has 1 fully saturated rings. The highest BCUT2D eigenvalue weighted by Gasteiger charge is 2.32. The summed E-state index contributed by atoms with van der Waals surface area (Å²) in [5, 5.41) is 0. The quantitative estimate of drug-likeness (QED) is 0.796. The van der Waals surface area contributed by atoms with Crippen LogP contribution in [0, 0.1) is 5.92 Å². The molecule has 2 atom stereocenters. The molecule has 0 aromatic carbocycles. The van der Waals surface area contributed by atoms with E-state index in [9.17, 15) is 0 Å². The average molecular weight is 246 g/mol. The lowest BCUT2D eigenvalue weighted by atomic mass is 9.99. The fourth-order valence-electron chi connectivity index (χ4n) is 2.45. The minimum absolute atomic E-state index is 0.360. The molecule has 0 bridgehead atoms. The number of nitrogens with zero attached hydrogens (tertiary/aromatic N) is 1. The lowest BCUT2D eigenvalue weighted by Crippen LogP contribution is -2.53. The Morgan fingerprint density at radius 3 is 2.69 bits per heavy atom. The Bertz CT molecular complexity index is 211. The van der Waals surface area contributed by atoms with Crippen LogP contribution in [0.15, 0.2) is 0 Å². The second-order valence-corrected chi connectivity index (χ2v) is 7.12. The molecule has 0 aromatic heterocycles. The molecular weight excluding hydrogens is 220 g/mol. The molecule has 0 aromatic rings. The van der Waals surface area contributed by atoms with Gasteiger partial charge in [-0.15, -0.1) is 0 Å². The molecule has 3 nitrogen and oxygen atoms in total. The zero-order chi connectivity index (χ0) is 12.2. The standard InChI is InChI=1S/C12H26N2OS/c1-10(8-15-4)11(7-13)14-5-6-16-12(2,3)9-14/h10-11H,5-9,13H2,1-4H3. The van der Waals surface area contributed by atoms with E-state index in [2.05, 4.69) is 37.4 Å². The third kappa shape index (κ3) is 3.91. The van der Waals surface area contributed by atoms with Gasteiger partial charge in [0.2, 0.25) is 0 Å². The van der Waals surface area contributed by atoms with E-state index in [1.54, 1.807) is 7.11 Å². The van der Waals surface area contributed by atoms with Crippen molar-refractivity contribution in [1.29, 1.82) is 0 Å². The van der Waals surface area contributed by atoms with Crippen molar-refractivity contribution in [2.24, 2.45) is 11.7 Å². The molecule has 0 aliphatic carbocycles. The van der Waals surface area contributed by atoms with Crippen LogP contribution in [0.2, 0.25) is 0 Å². The summed E-state index contributed by atoms with van der Waals surface area (Å²) in [5.41, 5.74) is 5.92. The predicted molar refractivity (Wildman–Crippen MR) is 72.0 cm³/mol. The summed E-state index contributed by atoms with van der Waals surface area (Å²) < 4.78 is 5.60. The van der Waals surface area contributed by atoms with Gasteiger partial charge in [-0.1, -0.05) is 6.92 Å². The van der Waals surface area contributed by atoms with E-state index >= 15 is 0 Å². The van der Waals surface area contributed by atoms with E-state index in [1.807, 2.05) is 0 Å². The first-order valence-electron chi connectivity index (χ1n) is 6.07. The van der Waals surface area contributed by atoms with Gasteiger partial charge in [0.1, 0.15) is 0 Å². The van der Waals surface area contributed by atoms with Crippen LogP contribution < -0.4 is 5.73 Å². The third-order valence-corrected chi connectivity index (χ3v) is 4.55. The number of rotatable bonds is 5. The molecule has 16 heavy (non-hydrogen) atoms. The van der Waals surface area contributed by atoms with E-state index in [-0.39, 0.29) is 0 Å². The Hall–Kier alpha value is 0.230. The topological polar surface area (TPSA) is 38.5 Å². The van der Waals surface area contributed by atoms with Crippen LogP contribution in [0.5, 0.6) is 0 Å². The molecule has 1 aliphatic rings. The molecular formula is C12H26N2OS. The Morgan fingerprint density at radius 2 is 2.19 bits per heavy atom. The van der Waals surface area contributed by atoms with E-state index in [0.717, 1.165) is 26.2 Å². The Balaban J connectivity index is 2.58. The van der Waals surface area contributed by atoms with Gasteiger partial charge in [-0.3, -0.25) is 4.90 Å². The van der Waals surface area contributed by atoms with Gasteiger partial charge >= 0.3 is 0 Å². The maximum atomic E-state index is 5.92. The van der Waals surface area contributed by atoms with Gasteiger partial charge in [-0.05, 0) is 19.8 Å². The molecule has 4 heteroatoms. The number of ether oxygens (including phenoxy) is 1. The van der Waals surface area contributed by atoms with Gasteiger partial charge in [0, 0.05) is 43.3 Å². The lowest BCUT2D eigenvalue weighted by Gasteiger charge is -2.43. The molecule has 1 aliphatic heterocycles. The SMILES string of the molecule is COCC(C)C(CN)N1CCSC(C)(C)C1. The molecule has 1 heterocycles. The largest absolute Gasteiger partial charge is 0.384 e. The van der Waals surface area contributed by atoms with Gasteiger partial charge in [0.25, 0.3) is 0 Å². The first kappa shape index (κ1) is 14.3. The molecule has 2 N–H and O–H groups in total. The number of thioether (sulfide) groups is 1. The zero-order valence-electron chi connectivity index (χ0n) is 11.0. The number of hydrogen-bond acceptors (Lipinski definition) is 4. The monoisotopic (exact) mass is 246 g/mol. The van der Waals surface area contributed by atoms with Gasteiger partial charge < -0.3 is 10.5 Å². The van der Waals surface area contributed by atoms with Crippen molar-refractivity contribution in [2.45, 2.75) is 31.6 Å². The van der Waals surface area contributed by atoms with Crippen LogP contribution in [0.4, 0.5) is 0 Å². The zero-order valence-corrected chi connectivity index (χ0v) is 11.8. The van der Waals surface area contributed by atoms with Crippen molar-refractivity contribution >= 4 is 11.8 Å². The fraction of sp³-hybridized carbons (Fsp3) is 1.00. The molecule has 96 valence electrons. The van der Waals surface area contributed by atoms with Crippen LogP contribution in [0.1, 0.15) is 20.8 Å². The van der Waals surface area contributed by atoms with Gasteiger partial charge in [-0.2, -0.15) is 11.8 Å². The number of hydrogen-bond donors (Lipinski definition) is 1. The highest BCUT2D eigenvalue weighted by molar-refractivity contribution is 8.00. The van der Waals surface area contributed by atoms with Crippen molar-refractivity contribution in [2.75, 3.05) is 39.1 Å². The van der Waals surface area contributed by atoms with Crippen molar-refractivity contribution in [3.63, 3.8) is 0 Å². The van der Waals surface area contributed by atoms with Crippen molar-refractivity contribution < 1.29 is 4.74 Å². The second-order valence-electron chi connectivity index (χ2n) is 5.31. The highest BCUT2D eigenvalue weighted by atomic mass is 32.2. The number of methoxy groups -OCH3 is 1. The molecule has 0 spiro atoms. The van der Waals surface area contributed by atoms with Gasteiger partial charge in [0.15, 0.2) is 0 Å². The van der Waals surface area contributed by atoms with E-state index in [0.29, 0.717) is 16.7 Å². The minimum atomic E-state index is 0.360. The van der Waals surface area contributed by atoms with Crippen LogP contribution in [-0.4, -0.2) is 54.8 Å². The van der Waals surface area contributed by atoms with Crippen molar-refractivity contribution in [3.8, 4) is 0 Å². The van der Waals surface area contributed by atoms with E-state index < -0.39 is 0 Å². The van der Waals surface area contributed by atoms with Crippen LogP contribution >= 0.6 is 11.8 Å². The van der Waals surface area contributed by atoms with Crippen LogP contribution in [-0.2, 0) is 4.74 Å². The van der Waals surface area contributed by atoms with Crippen molar-refractivity contribution in [1.82, 2.24) is 4.90 Å². The van der Waals surface area contributed by atoms with Gasteiger partial charge in [-0.25, -0.2) is 0 Å². The van der Waals surface area contributed by atoms with E-state index in [1.165, 1.54) is 5.75 Å². The molecule has 0 amide bonds. The average Bonchev–Trinajstić information content (AvgIpc) is 2.17. The summed E-state index contributed by atoms with van der Waals surface area (Å²) in [7, 11) is 1.76. The van der Waals surface area contributed by atoms with Crippen LogP contribution in [0.25, 0.3) is 0 Å². The summed E-state index contributed by atoms with van der Waals surface area (Å²) >= 11 is 2.06. The fourth-order valence-corrected chi connectivity index (χ4v) is 3.59. The summed E-state index contributed by atoms with van der Waals surface area (Å²) in [5.74, 6) is 1.72. The first-order chi connectivity index (χ1) is 7.50. The third-order valence-electron chi connectivity index (χ3n) is 3.25. The predicted octanol–water partition coefficient (Wildman–Crippen LogP) is 1.42. The maximum absolute atomic E-state index is 5.92. The maximum Gasteiger partial charge on any atom is 0.0503 e. The minimum Gasteiger partial charge on any atom is -0.384 e. The lowest BCUT2D eigenvalue weighted by molar-refractivity contribution is 0.0822. The molecule has 1 saturated heterocycles. The summed E-state index contributed by atoms with van der Waals surface area (Å²) in [6.07, 6.45) is 0. The van der Waals surface area contributed by atoms with Crippen LogP contribution in [0.3, 0.4) is 0 Å². The molecule has 2 unspecified atom stereocenters. The Labute approximate surface area is 104 Å². The Morgan fingerprint density at radius 1 is 1.50 bits per heavy atom. The highest BCUT2D eigenvalue weighted by Crippen LogP contribution is 2.31. The van der Waals surface area contributed by atoms with Crippen molar-refractivity contribution in [3.05, 3.63) is 0 Å². The molecule has 0 radical (unpaired) electrons.